The van der Waals surface area contributed by atoms with Crippen LogP contribution in [0.4, 0.5) is 0 Å². The number of rotatable bonds is 4. The Morgan fingerprint density at radius 2 is 2.05 bits per heavy atom. The van der Waals surface area contributed by atoms with Gasteiger partial charge in [-0.15, -0.1) is 0 Å². The molecule has 0 bridgehead atoms. The standard InChI is InChI=1S/C15H16N2O2/c1-10-4-2-3-5-12(10)14-7-6-11(9-17-14)8-13(16)15(18)19/h2-7,9,13H,8,16H2,1H3,(H,18,19)/t13-/m0/s1. The minimum Gasteiger partial charge on any atom is -0.480 e. The predicted molar refractivity (Wildman–Crippen MR) is 73.7 cm³/mol. The first-order valence-corrected chi connectivity index (χ1v) is 6.07. The molecule has 0 aliphatic rings. The first kappa shape index (κ1) is 13.2. The zero-order valence-corrected chi connectivity index (χ0v) is 10.7. The highest BCUT2D eigenvalue weighted by Crippen LogP contribution is 2.21. The smallest absolute Gasteiger partial charge is 0.320 e. The lowest BCUT2D eigenvalue weighted by Crippen LogP contribution is -2.32. The van der Waals surface area contributed by atoms with Crippen LogP contribution in [0.3, 0.4) is 0 Å². The topological polar surface area (TPSA) is 76.2 Å². The number of hydrogen-bond donors (Lipinski definition) is 2. The zero-order chi connectivity index (χ0) is 13.8. The van der Waals surface area contributed by atoms with Gasteiger partial charge in [-0.05, 0) is 30.5 Å². The Labute approximate surface area is 111 Å². The van der Waals surface area contributed by atoms with Crippen molar-refractivity contribution in [3.05, 3.63) is 53.7 Å². The van der Waals surface area contributed by atoms with Crippen molar-refractivity contribution < 1.29 is 9.90 Å². The molecule has 2 rings (SSSR count). The minimum atomic E-state index is -0.997. The molecule has 0 aliphatic carbocycles. The number of carboxylic acids is 1. The third-order valence-electron chi connectivity index (χ3n) is 3.02. The van der Waals surface area contributed by atoms with Crippen LogP contribution in [0.1, 0.15) is 11.1 Å². The lowest BCUT2D eigenvalue weighted by molar-refractivity contribution is -0.138. The van der Waals surface area contributed by atoms with E-state index in [0.717, 1.165) is 22.4 Å². The zero-order valence-electron chi connectivity index (χ0n) is 10.7. The Morgan fingerprint density at radius 1 is 1.32 bits per heavy atom. The number of aromatic nitrogens is 1. The average Bonchev–Trinajstić information content (AvgIpc) is 2.40. The molecule has 4 nitrogen and oxygen atoms in total. The normalized spacial score (nSPS) is 12.1. The van der Waals surface area contributed by atoms with Gasteiger partial charge < -0.3 is 10.8 Å². The van der Waals surface area contributed by atoms with E-state index in [1.807, 2.05) is 43.3 Å². The van der Waals surface area contributed by atoms with Crippen LogP contribution in [-0.4, -0.2) is 22.1 Å². The lowest BCUT2D eigenvalue weighted by atomic mass is 10.0. The van der Waals surface area contributed by atoms with Crippen molar-refractivity contribution in [2.75, 3.05) is 0 Å². The highest BCUT2D eigenvalue weighted by Gasteiger charge is 2.12. The van der Waals surface area contributed by atoms with Crippen molar-refractivity contribution in [3.8, 4) is 11.3 Å². The molecule has 1 aromatic carbocycles. The second kappa shape index (κ2) is 5.63. The number of benzene rings is 1. The summed E-state index contributed by atoms with van der Waals surface area (Å²) in [5.41, 5.74) is 9.44. The van der Waals surface area contributed by atoms with Crippen LogP contribution < -0.4 is 5.73 Å². The fourth-order valence-corrected chi connectivity index (χ4v) is 1.91. The Bertz CT molecular complexity index is 579. The van der Waals surface area contributed by atoms with Gasteiger partial charge in [-0.2, -0.15) is 0 Å². The maximum atomic E-state index is 10.7. The molecule has 0 spiro atoms. The van der Waals surface area contributed by atoms with Gasteiger partial charge in [0.25, 0.3) is 0 Å². The van der Waals surface area contributed by atoms with Crippen LogP contribution in [0.15, 0.2) is 42.6 Å². The highest BCUT2D eigenvalue weighted by molar-refractivity contribution is 5.73. The van der Waals surface area contributed by atoms with E-state index in [1.54, 1.807) is 6.20 Å². The molecule has 19 heavy (non-hydrogen) atoms. The van der Waals surface area contributed by atoms with Gasteiger partial charge in [0.1, 0.15) is 6.04 Å². The third-order valence-corrected chi connectivity index (χ3v) is 3.02. The van der Waals surface area contributed by atoms with E-state index < -0.39 is 12.0 Å². The summed E-state index contributed by atoms with van der Waals surface area (Å²) in [7, 11) is 0. The number of aliphatic carboxylic acids is 1. The number of carbonyl (C=O) groups is 1. The molecule has 0 unspecified atom stereocenters. The Morgan fingerprint density at radius 3 is 2.63 bits per heavy atom. The quantitative estimate of drug-likeness (QED) is 0.877. The number of hydrogen-bond acceptors (Lipinski definition) is 3. The molecule has 98 valence electrons. The van der Waals surface area contributed by atoms with Crippen LogP contribution in [0.25, 0.3) is 11.3 Å². The monoisotopic (exact) mass is 256 g/mol. The predicted octanol–water partition coefficient (Wildman–Crippen LogP) is 2.01. The van der Waals surface area contributed by atoms with E-state index in [0.29, 0.717) is 0 Å². The Hall–Kier alpha value is -2.20. The first-order valence-electron chi connectivity index (χ1n) is 6.07. The van der Waals surface area contributed by atoms with Crippen molar-refractivity contribution in [1.82, 2.24) is 4.98 Å². The summed E-state index contributed by atoms with van der Waals surface area (Å²) in [6.07, 6.45) is 1.97. The number of pyridine rings is 1. The summed E-state index contributed by atoms with van der Waals surface area (Å²) in [6.45, 7) is 2.03. The largest absolute Gasteiger partial charge is 0.480 e. The van der Waals surface area contributed by atoms with Gasteiger partial charge in [-0.25, -0.2) is 0 Å². The van der Waals surface area contributed by atoms with Crippen LogP contribution in [0, 0.1) is 6.92 Å². The van der Waals surface area contributed by atoms with E-state index in [1.165, 1.54) is 0 Å². The molecule has 1 atom stereocenters. The molecule has 0 fully saturated rings. The summed E-state index contributed by atoms with van der Waals surface area (Å²) in [4.78, 5) is 15.1. The van der Waals surface area contributed by atoms with E-state index in [4.69, 9.17) is 10.8 Å². The van der Waals surface area contributed by atoms with Crippen LogP contribution >= 0.6 is 0 Å². The van der Waals surface area contributed by atoms with Crippen molar-refractivity contribution in [3.63, 3.8) is 0 Å². The summed E-state index contributed by atoms with van der Waals surface area (Å²) < 4.78 is 0. The van der Waals surface area contributed by atoms with E-state index in [2.05, 4.69) is 4.98 Å². The molecular weight excluding hydrogens is 240 g/mol. The lowest BCUT2D eigenvalue weighted by Gasteiger charge is -2.08. The van der Waals surface area contributed by atoms with Gasteiger partial charge in [0, 0.05) is 11.8 Å². The SMILES string of the molecule is Cc1ccccc1-c1ccc(C[C@H](N)C(=O)O)cn1. The van der Waals surface area contributed by atoms with Gasteiger partial charge in [-0.3, -0.25) is 9.78 Å². The number of aryl methyl sites for hydroxylation is 1. The van der Waals surface area contributed by atoms with E-state index in [-0.39, 0.29) is 6.42 Å². The van der Waals surface area contributed by atoms with Crippen LogP contribution in [0.2, 0.25) is 0 Å². The maximum absolute atomic E-state index is 10.7. The minimum absolute atomic E-state index is 0.288. The molecule has 1 aromatic heterocycles. The van der Waals surface area contributed by atoms with E-state index in [9.17, 15) is 4.79 Å². The van der Waals surface area contributed by atoms with Gasteiger partial charge in [0.2, 0.25) is 0 Å². The molecule has 3 N–H and O–H groups in total. The third kappa shape index (κ3) is 3.17. The number of nitrogens with two attached hydrogens (primary N) is 1. The van der Waals surface area contributed by atoms with Crippen LogP contribution in [0.5, 0.6) is 0 Å². The van der Waals surface area contributed by atoms with Crippen LogP contribution in [-0.2, 0) is 11.2 Å². The summed E-state index contributed by atoms with van der Waals surface area (Å²) in [5, 5.41) is 8.77. The summed E-state index contributed by atoms with van der Waals surface area (Å²) >= 11 is 0. The van der Waals surface area contributed by atoms with E-state index >= 15 is 0 Å². The van der Waals surface area contributed by atoms with Gasteiger partial charge >= 0.3 is 5.97 Å². The second-order valence-electron chi connectivity index (χ2n) is 4.52. The van der Waals surface area contributed by atoms with Crippen molar-refractivity contribution >= 4 is 5.97 Å². The molecule has 0 saturated carbocycles. The number of carboxylic acid groups (broad SMARTS) is 1. The molecule has 0 saturated heterocycles. The van der Waals surface area contributed by atoms with Gasteiger partial charge in [0.05, 0.1) is 5.69 Å². The van der Waals surface area contributed by atoms with Crippen molar-refractivity contribution in [2.24, 2.45) is 5.73 Å². The summed E-state index contributed by atoms with van der Waals surface area (Å²) in [5.74, 6) is -0.997. The first-order chi connectivity index (χ1) is 9.08. The molecule has 2 aromatic rings. The Kier molecular flexibility index (Phi) is 3.92. The molecule has 1 heterocycles. The van der Waals surface area contributed by atoms with Crippen molar-refractivity contribution in [1.29, 1.82) is 0 Å². The molecule has 4 heteroatoms. The fraction of sp³-hybridized carbons (Fsp3) is 0.200. The fourth-order valence-electron chi connectivity index (χ4n) is 1.91. The number of nitrogens with zero attached hydrogens (tertiary/aromatic N) is 1. The van der Waals surface area contributed by atoms with Gasteiger partial charge in [-0.1, -0.05) is 30.3 Å². The highest BCUT2D eigenvalue weighted by atomic mass is 16.4. The van der Waals surface area contributed by atoms with Gasteiger partial charge in [0.15, 0.2) is 0 Å². The summed E-state index contributed by atoms with van der Waals surface area (Å²) in [6, 6.07) is 10.9. The molecule has 0 aliphatic heterocycles. The Balaban J connectivity index is 2.19. The molecular formula is C15H16N2O2. The maximum Gasteiger partial charge on any atom is 0.320 e. The van der Waals surface area contributed by atoms with Crippen molar-refractivity contribution in [2.45, 2.75) is 19.4 Å². The molecule has 0 amide bonds. The average molecular weight is 256 g/mol. The molecule has 0 radical (unpaired) electrons. The second-order valence-corrected chi connectivity index (χ2v) is 4.52.